The highest BCUT2D eigenvalue weighted by molar-refractivity contribution is 9.10. The van der Waals surface area contributed by atoms with E-state index in [1.54, 1.807) is 5.41 Å². The molecule has 1 aromatic carbocycles. The van der Waals surface area contributed by atoms with Crippen molar-refractivity contribution in [3.05, 3.63) is 45.5 Å². The normalized spacial score (nSPS) is 20.6. The molecule has 1 heterocycles. The number of carbonyl (C=O) groups is 1. The van der Waals surface area contributed by atoms with E-state index < -0.39 is 38.5 Å². The lowest BCUT2D eigenvalue weighted by atomic mass is 9.91. The molecular formula is C18H23BrF2N2O3SSi. The Kier molecular flexibility index (Phi) is 7.83. The van der Waals surface area contributed by atoms with E-state index in [1.165, 1.54) is 24.3 Å². The Morgan fingerprint density at radius 3 is 2.75 bits per heavy atom. The Morgan fingerprint density at radius 1 is 1.43 bits per heavy atom. The summed E-state index contributed by atoms with van der Waals surface area (Å²) in [6, 6.07) is 5.07. The van der Waals surface area contributed by atoms with Crippen LogP contribution < -0.4 is 5.73 Å². The highest BCUT2D eigenvalue weighted by Crippen LogP contribution is 2.38. The number of hydrogen-bond acceptors (Lipinski definition) is 5. The van der Waals surface area contributed by atoms with E-state index in [1.807, 2.05) is 0 Å². The van der Waals surface area contributed by atoms with E-state index in [4.69, 9.17) is 15.2 Å². The van der Waals surface area contributed by atoms with E-state index in [0.717, 1.165) is 17.8 Å². The van der Waals surface area contributed by atoms with Crippen molar-refractivity contribution in [1.82, 2.24) is 0 Å². The molecule has 0 bridgehead atoms. The number of ether oxygens (including phenoxy) is 2. The third-order valence-electron chi connectivity index (χ3n) is 3.99. The van der Waals surface area contributed by atoms with Crippen molar-refractivity contribution in [2.75, 3.05) is 13.3 Å². The molecule has 10 heteroatoms. The first-order valence-electron chi connectivity index (χ1n) is 8.60. The van der Waals surface area contributed by atoms with Gasteiger partial charge >= 0.3 is 6.09 Å². The minimum atomic E-state index is -1.57. The maximum absolute atomic E-state index is 14.4. The third-order valence-corrected chi connectivity index (χ3v) is 6.98. The fourth-order valence-corrected chi connectivity index (χ4v) is 4.41. The van der Waals surface area contributed by atoms with Gasteiger partial charge in [-0.25, -0.2) is 13.6 Å². The molecule has 1 aliphatic rings. The largest absolute Gasteiger partial charge is 0.413 e. The number of amides is 1. The number of carbonyl (C=O) groups excluding carboxylic acids is 1. The maximum atomic E-state index is 14.4. The van der Waals surface area contributed by atoms with E-state index in [0.29, 0.717) is 11.1 Å². The lowest BCUT2D eigenvalue weighted by Gasteiger charge is -2.30. The van der Waals surface area contributed by atoms with Gasteiger partial charge in [-0.1, -0.05) is 47.3 Å². The smallest absolute Gasteiger partial charge is 0.407 e. The van der Waals surface area contributed by atoms with E-state index >= 15 is 0 Å². The van der Waals surface area contributed by atoms with Crippen LogP contribution in [0.25, 0.3) is 0 Å². The molecule has 0 saturated heterocycles. The van der Waals surface area contributed by atoms with Crippen LogP contribution in [0.1, 0.15) is 5.56 Å². The number of thioether (sulfide) groups is 1. The van der Waals surface area contributed by atoms with Gasteiger partial charge in [0.15, 0.2) is 0 Å². The summed E-state index contributed by atoms with van der Waals surface area (Å²) in [6.07, 6.45) is -0.727. The first kappa shape index (κ1) is 23.0. The Bertz CT molecular complexity index is 789. The zero-order valence-electron chi connectivity index (χ0n) is 15.9. The summed E-state index contributed by atoms with van der Waals surface area (Å²) in [5.74, 6) is -0.590. The van der Waals surface area contributed by atoms with Gasteiger partial charge in [-0.3, -0.25) is 4.99 Å². The first-order valence-corrected chi connectivity index (χ1v) is 14.0. The van der Waals surface area contributed by atoms with Crippen LogP contribution in [0, 0.1) is 5.82 Å². The zero-order chi connectivity index (χ0) is 20.9. The minimum absolute atomic E-state index is 0.0679. The Morgan fingerprint density at radius 2 is 2.14 bits per heavy atom. The molecule has 0 radical (unpaired) electrons. The van der Waals surface area contributed by atoms with Crippen molar-refractivity contribution in [3.63, 3.8) is 0 Å². The molecule has 2 unspecified atom stereocenters. The quantitative estimate of drug-likeness (QED) is 0.400. The summed E-state index contributed by atoms with van der Waals surface area (Å²) in [4.78, 5) is 15.7. The molecule has 1 aromatic rings. The van der Waals surface area contributed by atoms with Crippen molar-refractivity contribution in [3.8, 4) is 0 Å². The molecule has 2 atom stereocenters. The van der Waals surface area contributed by atoms with Crippen molar-refractivity contribution >= 4 is 46.9 Å². The molecule has 0 aliphatic carbocycles. The zero-order valence-corrected chi connectivity index (χ0v) is 19.3. The van der Waals surface area contributed by atoms with Crippen LogP contribution in [0.3, 0.4) is 0 Å². The SMILES string of the molecule is C[Si](C)(C)CCOC(OC(N)=O)C1=NC(CF)(c2cc(Br)ccc2F)C=CS1. The predicted molar refractivity (Wildman–Crippen MR) is 114 cm³/mol. The summed E-state index contributed by atoms with van der Waals surface area (Å²) >= 11 is 4.39. The van der Waals surface area contributed by atoms with Crippen molar-refractivity contribution in [2.45, 2.75) is 37.5 Å². The number of benzene rings is 1. The molecule has 1 amide bonds. The second-order valence-corrected chi connectivity index (χ2v) is 15.0. The van der Waals surface area contributed by atoms with Crippen LogP contribution in [0.15, 0.2) is 39.1 Å². The standard InChI is InChI=1S/C18H23BrF2N2O3SSi/c1-28(2,3)9-7-25-16(26-17(22)24)15-23-18(11-20,6-8-27-15)13-10-12(19)4-5-14(13)21/h4-6,8,10,16H,7,9,11H2,1-3H3,(H2,22,24). The van der Waals surface area contributed by atoms with E-state index in [-0.39, 0.29) is 10.6 Å². The summed E-state index contributed by atoms with van der Waals surface area (Å²) in [6.45, 7) is 5.91. The van der Waals surface area contributed by atoms with Gasteiger partial charge in [0.25, 0.3) is 6.29 Å². The van der Waals surface area contributed by atoms with Gasteiger partial charge in [0.1, 0.15) is 23.1 Å². The van der Waals surface area contributed by atoms with E-state index in [9.17, 15) is 13.6 Å². The molecule has 0 spiro atoms. The summed E-state index contributed by atoms with van der Waals surface area (Å²) in [5, 5.41) is 1.79. The fraction of sp³-hybridized carbons (Fsp3) is 0.444. The van der Waals surface area contributed by atoms with Crippen molar-refractivity contribution in [1.29, 1.82) is 0 Å². The molecule has 2 N–H and O–H groups in total. The van der Waals surface area contributed by atoms with Crippen LogP contribution in [-0.2, 0) is 15.0 Å². The van der Waals surface area contributed by atoms with Gasteiger partial charge < -0.3 is 15.2 Å². The minimum Gasteiger partial charge on any atom is -0.413 e. The van der Waals surface area contributed by atoms with Crippen LogP contribution in [0.5, 0.6) is 0 Å². The molecule has 28 heavy (non-hydrogen) atoms. The lowest BCUT2D eigenvalue weighted by molar-refractivity contribution is -0.0493. The van der Waals surface area contributed by atoms with Gasteiger partial charge in [-0.05, 0) is 35.7 Å². The Hall–Kier alpha value is -1.23. The molecule has 154 valence electrons. The Labute approximate surface area is 176 Å². The summed E-state index contributed by atoms with van der Waals surface area (Å²) in [5.41, 5.74) is 3.65. The second kappa shape index (κ2) is 9.51. The molecule has 0 saturated carbocycles. The highest BCUT2D eigenvalue weighted by Gasteiger charge is 2.37. The number of hydrogen-bond donors (Lipinski definition) is 1. The number of rotatable bonds is 8. The first-order chi connectivity index (χ1) is 13.1. The van der Waals surface area contributed by atoms with Crippen LogP contribution in [0.2, 0.25) is 25.7 Å². The number of aliphatic imine (C=N–C) groups is 1. The third kappa shape index (κ3) is 6.13. The molecule has 5 nitrogen and oxygen atoms in total. The van der Waals surface area contributed by atoms with Gasteiger partial charge in [0.05, 0.1) is 0 Å². The molecule has 0 fully saturated rings. The average molecular weight is 493 g/mol. The number of nitrogens with two attached hydrogens (primary N) is 1. The summed E-state index contributed by atoms with van der Waals surface area (Å²) in [7, 11) is -1.39. The van der Waals surface area contributed by atoms with Gasteiger partial charge in [0, 0.05) is 24.7 Å². The topological polar surface area (TPSA) is 73.9 Å². The molecule has 0 aromatic heterocycles. The molecule has 1 aliphatic heterocycles. The van der Waals surface area contributed by atoms with E-state index in [2.05, 4.69) is 40.6 Å². The van der Waals surface area contributed by atoms with Crippen molar-refractivity contribution in [2.24, 2.45) is 10.7 Å². The highest BCUT2D eigenvalue weighted by atomic mass is 79.9. The monoisotopic (exact) mass is 492 g/mol. The fourth-order valence-electron chi connectivity index (χ4n) is 2.44. The number of nitrogens with zero attached hydrogens (tertiary/aromatic N) is 1. The van der Waals surface area contributed by atoms with Gasteiger partial charge in [0.2, 0.25) is 0 Å². The second-order valence-electron chi connectivity index (χ2n) is 7.50. The van der Waals surface area contributed by atoms with Gasteiger partial charge in [-0.2, -0.15) is 0 Å². The lowest BCUT2D eigenvalue weighted by Crippen LogP contribution is -2.37. The number of halogens is 3. The van der Waals surface area contributed by atoms with Crippen LogP contribution in [-0.4, -0.2) is 38.8 Å². The van der Waals surface area contributed by atoms with Crippen molar-refractivity contribution < 1.29 is 23.0 Å². The number of primary amides is 1. The number of alkyl halides is 1. The molecule has 2 rings (SSSR count). The average Bonchev–Trinajstić information content (AvgIpc) is 2.61. The Balaban J connectivity index is 2.36. The van der Waals surface area contributed by atoms with Gasteiger partial charge in [-0.15, -0.1) is 0 Å². The predicted octanol–water partition coefficient (Wildman–Crippen LogP) is 5.19. The van der Waals surface area contributed by atoms with Crippen LogP contribution in [0.4, 0.5) is 13.6 Å². The maximum Gasteiger partial charge on any atom is 0.407 e. The molecular weight excluding hydrogens is 470 g/mol. The van der Waals surface area contributed by atoms with Crippen LogP contribution >= 0.6 is 27.7 Å². The summed E-state index contributed by atoms with van der Waals surface area (Å²) < 4.78 is 39.9.